The maximum atomic E-state index is 11.6. The van der Waals surface area contributed by atoms with Crippen LogP contribution in [0, 0.1) is 0 Å². The summed E-state index contributed by atoms with van der Waals surface area (Å²) in [6, 6.07) is 1.64. The Bertz CT molecular complexity index is 722. The molecule has 2 heterocycles. The van der Waals surface area contributed by atoms with Crippen LogP contribution in [0.5, 0.6) is 0 Å². The molecule has 0 fully saturated rings. The average Bonchev–Trinajstić information content (AvgIpc) is 2.61. The van der Waals surface area contributed by atoms with Gasteiger partial charge in [0.25, 0.3) is 0 Å². The van der Waals surface area contributed by atoms with Gasteiger partial charge in [-0.25, -0.2) is 9.97 Å². The Hall–Kier alpha value is -3.08. The Morgan fingerprint density at radius 2 is 1.88 bits per heavy atom. The van der Waals surface area contributed by atoms with Crippen LogP contribution in [-0.4, -0.2) is 53.9 Å². The van der Waals surface area contributed by atoms with Crippen molar-refractivity contribution in [3.63, 3.8) is 0 Å². The minimum atomic E-state index is -0.923. The molecule has 0 aliphatic rings. The lowest BCUT2D eigenvalue weighted by Crippen LogP contribution is -2.23. The van der Waals surface area contributed by atoms with Crippen molar-refractivity contribution < 1.29 is 14.7 Å². The molecular weight excluding hydrogens is 328 g/mol. The van der Waals surface area contributed by atoms with Crippen LogP contribution < -0.4 is 11.1 Å². The monoisotopic (exact) mass is 346 g/mol. The van der Waals surface area contributed by atoms with Crippen molar-refractivity contribution in [2.45, 2.75) is 32.2 Å². The number of hydrogen-bond donors (Lipinski definition) is 3. The summed E-state index contributed by atoms with van der Waals surface area (Å²) in [4.78, 5) is 30.4. The molecule has 2 rings (SSSR count). The van der Waals surface area contributed by atoms with E-state index in [1.165, 1.54) is 6.20 Å². The summed E-state index contributed by atoms with van der Waals surface area (Å²) in [7, 11) is 0. The van der Waals surface area contributed by atoms with E-state index in [1.807, 2.05) is 0 Å². The molecule has 2 aromatic heterocycles. The first-order valence-electron chi connectivity index (χ1n) is 7.65. The van der Waals surface area contributed by atoms with E-state index in [4.69, 9.17) is 10.8 Å². The number of amides is 1. The number of aromatic nitrogens is 6. The number of carboxylic acid groups (broad SMARTS) is 1. The van der Waals surface area contributed by atoms with Crippen LogP contribution in [0.25, 0.3) is 11.6 Å². The summed E-state index contributed by atoms with van der Waals surface area (Å²) in [6.07, 6.45) is 2.39. The molecule has 1 amide bonds. The lowest BCUT2D eigenvalue weighted by atomic mass is 10.2. The van der Waals surface area contributed by atoms with Crippen LogP contribution in [0.15, 0.2) is 12.3 Å². The van der Waals surface area contributed by atoms with Crippen molar-refractivity contribution in [2.24, 2.45) is 5.73 Å². The average molecular weight is 346 g/mol. The SMILES string of the molecule is NCCc1nnc(-c2nccc(CNC(=O)CCCC(=O)O)n2)nn1. The molecule has 132 valence electrons. The quantitative estimate of drug-likeness (QED) is 0.516. The number of carbonyl (C=O) groups is 2. The van der Waals surface area contributed by atoms with E-state index in [1.54, 1.807) is 6.07 Å². The number of rotatable bonds is 9. The lowest BCUT2D eigenvalue weighted by Gasteiger charge is -2.05. The topological polar surface area (TPSA) is 170 Å². The third kappa shape index (κ3) is 6.14. The maximum absolute atomic E-state index is 11.6. The smallest absolute Gasteiger partial charge is 0.303 e. The molecule has 4 N–H and O–H groups in total. The van der Waals surface area contributed by atoms with Crippen molar-refractivity contribution >= 4 is 11.9 Å². The van der Waals surface area contributed by atoms with Crippen molar-refractivity contribution in [1.82, 2.24) is 35.7 Å². The second-order valence-corrected chi connectivity index (χ2v) is 5.07. The van der Waals surface area contributed by atoms with Crippen molar-refractivity contribution in [2.75, 3.05) is 6.54 Å². The molecule has 0 bridgehead atoms. The highest BCUT2D eigenvalue weighted by Gasteiger charge is 2.09. The van der Waals surface area contributed by atoms with E-state index in [9.17, 15) is 9.59 Å². The van der Waals surface area contributed by atoms with Gasteiger partial charge < -0.3 is 16.2 Å². The molecule has 0 aliphatic heterocycles. The number of aliphatic carboxylic acids is 1. The Kier molecular flexibility index (Phi) is 6.77. The van der Waals surface area contributed by atoms with Crippen LogP contribution in [0.2, 0.25) is 0 Å². The fourth-order valence-electron chi connectivity index (χ4n) is 1.85. The zero-order chi connectivity index (χ0) is 18.1. The molecular formula is C14H18N8O3. The number of carbonyl (C=O) groups excluding carboxylic acids is 1. The lowest BCUT2D eigenvalue weighted by molar-refractivity contribution is -0.137. The van der Waals surface area contributed by atoms with Crippen molar-refractivity contribution in [1.29, 1.82) is 0 Å². The molecule has 0 saturated heterocycles. The van der Waals surface area contributed by atoms with Gasteiger partial charge >= 0.3 is 5.97 Å². The fourth-order valence-corrected chi connectivity index (χ4v) is 1.85. The second-order valence-electron chi connectivity index (χ2n) is 5.07. The molecule has 0 aromatic carbocycles. The van der Waals surface area contributed by atoms with Gasteiger partial charge in [-0.15, -0.1) is 20.4 Å². The highest BCUT2D eigenvalue weighted by molar-refractivity contribution is 5.76. The predicted molar refractivity (Wildman–Crippen MR) is 84.7 cm³/mol. The van der Waals surface area contributed by atoms with E-state index in [2.05, 4.69) is 35.7 Å². The molecule has 0 unspecified atom stereocenters. The summed E-state index contributed by atoms with van der Waals surface area (Å²) >= 11 is 0. The maximum Gasteiger partial charge on any atom is 0.303 e. The van der Waals surface area contributed by atoms with Crippen LogP contribution in [0.4, 0.5) is 0 Å². The summed E-state index contributed by atoms with van der Waals surface area (Å²) in [5.41, 5.74) is 5.97. The van der Waals surface area contributed by atoms with Crippen LogP contribution in [0.3, 0.4) is 0 Å². The molecule has 11 heteroatoms. The molecule has 0 atom stereocenters. The van der Waals surface area contributed by atoms with Gasteiger partial charge in [-0.05, 0) is 19.0 Å². The summed E-state index contributed by atoms with van der Waals surface area (Å²) in [6.45, 7) is 0.592. The Labute approximate surface area is 143 Å². The zero-order valence-electron chi connectivity index (χ0n) is 13.4. The Morgan fingerprint density at radius 3 is 2.56 bits per heavy atom. The third-order valence-electron chi connectivity index (χ3n) is 3.06. The van der Waals surface area contributed by atoms with Crippen molar-refractivity contribution in [3.8, 4) is 11.6 Å². The van der Waals surface area contributed by atoms with Crippen LogP contribution in [0.1, 0.15) is 30.8 Å². The van der Waals surface area contributed by atoms with Gasteiger partial charge in [0.1, 0.15) is 0 Å². The standard InChI is InChI=1S/C14H18N8O3/c15-6-4-10-19-21-14(22-20-10)13-16-7-5-9(18-13)8-17-11(23)2-1-3-12(24)25/h5,7H,1-4,6,8,15H2,(H,17,23)(H,24,25). The normalized spacial score (nSPS) is 10.4. The number of nitrogens with zero attached hydrogens (tertiary/aromatic N) is 6. The highest BCUT2D eigenvalue weighted by atomic mass is 16.4. The number of carboxylic acids is 1. The number of hydrogen-bond acceptors (Lipinski definition) is 9. The second kappa shape index (κ2) is 9.27. The zero-order valence-corrected chi connectivity index (χ0v) is 13.4. The van der Waals surface area contributed by atoms with Gasteiger partial charge in [-0.1, -0.05) is 0 Å². The minimum absolute atomic E-state index is 0.0391. The van der Waals surface area contributed by atoms with E-state index in [0.29, 0.717) is 24.5 Å². The molecule has 25 heavy (non-hydrogen) atoms. The van der Waals surface area contributed by atoms with E-state index in [0.717, 1.165) is 0 Å². The first-order chi connectivity index (χ1) is 12.1. The summed E-state index contributed by atoms with van der Waals surface area (Å²) in [5, 5.41) is 26.8. The van der Waals surface area contributed by atoms with Gasteiger partial charge in [0.2, 0.25) is 17.6 Å². The Balaban J connectivity index is 1.92. The van der Waals surface area contributed by atoms with Crippen molar-refractivity contribution in [3.05, 3.63) is 23.8 Å². The molecule has 0 radical (unpaired) electrons. The molecule has 11 nitrogen and oxygen atoms in total. The van der Waals surface area contributed by atoms with Gasteiger partial charge in [0.05, 0.1) is 12.2 Å². The summed E-state index contributed by atoms with van der Waals surface area (Å²) in [5.74, 6) is -0.302. The first kappa shape index (κ1) is 18.3. The number of nitrogens with one attached hydrogen (secondary N) is 1. The van der Waals surface area contributed by atoms with Gasteiger partial charge in [-0.2, -0.15) is 0 Å². The molecule has 2 aromatic rings. The van der Waals surface area contributed by atoms with Gasteiger partial charge in [0, 0.05) is 25.5 Å². The highest BCUT2D eigenvalue weighted by Crippen LogP contribution is 2.07. The third-order valence-corrected chi connectivity index (χ3v) is 3.06. The summed E-state index contributed by atoms with van der Waals surface area (Å²) < 4.78 is 0. The largest absolute Gasteiger partial charge is 0.481 e. The van der Waals surface area contributed by atoms with Crippen LogP contribution >= 0.6 is 0 Å². The first-order valence-corrected chi connectivity index (χ1v) is 7.65. The van der Waals surface area contributed by atoms with E-state index in [-0.39, 0.29) is 43.4 Å². The van der Waals surface area contributed by atoms with Gasteiger partial charge in [0.15, 0.2) is 5.82 Å². The van der Waals surface area contributed by atoms with E-state index >= 15 is 0 Å². The van der Waals surface area contributed by atoms with Crippen LogP contribution in [-0.2, 0) is 22.6 Å². The van der Waals surface area contributed by atoms with Gasteiger partial charge in [-0.3, -0.25) is 9.59 Å². The number of nitrogens with two attached hydrogens (primary N) is 1. The minimum Gasteiger partial charge on any atom is -0.481 e. The Morgan fingerprint density at radius 1 is 1.12 bits per heavy atom. The fraction of sp³-hybridized carbons (Fsp3) is 0.429. The van der Waals surface area contributed by atoms with E-state index < -0.39 is 5.97 Å². The molecule has 0 saturated carbocycles. The molecule has 0 spiro atoms. The predicted octanol–water partition coefficient (Wildman–Crippen LogP) is -0.904. The molecule has 0 aliphatic carbocycles.